The van der Waals surface area contributed by atoms with Crippen molar-refractivity contribution in [2.45, 2.75) is 25.9 Å². The molecule has 1 N–H and O–H groups in total. The average Bonchev–Trinajstić information content (AvgIpc) is 2.19. The molecule has 0 heterocycles. The van der Waals surface area contributed by atoms with Crippen molar-refractivity contribution in [1.82, 2.24) is 0 Å². The molecule has 0 bridgehead atoms. The van der Waals surface area contributed by atoms with Gasteiger partial charge in [-0.2, -0.15) is 0 Å². The van der Waals surface area contributed by atoms with Crippen molar-refractivity contribution in [3.05, 3.63) is 41.4 Å². The molecule has 1 aromatic carbocycles. The molecule has 1 aromatic rings. The maximum absolute atomic E-state index is 9.72. The molecule has 0 aromatic heterocycles. The van der Waals surface area contributed by atoms with Gasteiger partial charge < -0.3 is 0 Å². The summed E-state index contributed by atoms with van der Waals surface area (Å²) in [5.41, 5.74) is -0.642. The Labute approximate surface area is 92.0 Å². The SMILES string of the molecule is CCC(C)(O)/C=C/[Se]c1ccccc1. The van der Waals surface area contributed by atoms with Crippen molar-refractivity contribution < 1.29 is 5.11 Å². The van der Waals surface area contributed by atoms with E-state index in [4.69, 9.17) is 0 Å². The number of aliphatic hydroxyl groups is 1. The number of hydrogen-bond donors (Lipinski definition) is 1. The molecule has 0 saturated carbocycles. The Balaban J connectivity index is 2.49. The van der Waals surface area contributed by atoms with Crippen LogP contribution in [0, 0.1) is 0 Å². The van der Waals surface area contributed by atoms with Gasteiger partial charge in [0.2, 0.25) is 0 Å². The third kappa shape index (κ3) is 4.10. The first-order valence-corrected chi connectivity index (χ1v) is 6.60. The van der Waals surface area contributed by atoms with Crippen LogP contribution in [0.5, 0.6) is 0 Å². The molecule has 1 nitrogen and oxygen atoms in total. The molecule has 0 spiro atoms. The van der Waals surface area contributed by atoms with E-state index in [9.17, 15) is 5.11 Å². The predicted molar refractivity (Wildman–Crippen MR) is 61.9 cm³/mol. The second-order valence-corrected chi connectivity index (χ2v) is 5.50. The molecular formula is C12H16OSe. The Kier molecular flexibility index (Phi) is 4.40. The van der Waals surface area contributed by atoms with E-state index >= 15 is 0 Å². The van der Waals surface area contributed by atoms with Crippen LogP contribution in [-0.2, 0) is 0 Å². The molecule has 1 atom stereocenters. The zero-order valence-corrected chi connectivity index (χ0v) is 10.3. The zero-order valence-electron chi connectivity index (χ0n) is 8.60. The van der Waals surface area contributed by atoms with Crippen LogP contribution in [0.25, 0.3) is 0 Å². The first-order valence-electron chi connectivity index (χ1n) is 4.76. The quantitative estimate of drug-likeness (QED) is 0.812. The van der Waals surface area contributed by atoms with Gasteiger partial charge in [-0.15, -0.1) is 0 Å². The second kappa shape index (κ2) is 5.35. The maximum atomic E-state index is 9.72. The molecule has 1 unspecified atom stereocenters. The molecule has 1 rings (SSSR count). The van der Waals surface area contributed by atoms with Gasteiger partial charge in [0, 0.05) is 0 Å². The standard InChI is InChI=1S/C12H16OSe/c1-3-12(2,13)9-10-14-11-7-5-4-6-8-11/h4-10,13H,3H2,1-2H3/b10-9+. The second-order valence-electron chi connectivity index (χ2n) is 3.44. The molecule has 0 fully saturated rings. The van der Waals surface area contributed by atoms with Crippen LogP contribution in [0.3, 0.4) is 0 Å². The molecule has 0 aliphatic carbocycles. The summed E-state index contributed by atoms with van der Waals surface area (Å²) in [6, 6.07) is 10.3. The minimum absolute atomic E-state index is 0.334. The van der Waals surface area contributed by atoms with Crippen molar-refractivity contribution in [3.8, 4) is 0 Å². The van der Waals surface area contributed by atoms with Gasteiger partial charge in [0.25, 0.3) is 0 Å². The summed E-state index contributed by atoms with van der Waals surface area (Å²) < 4.78 is 1.34. The topological polar surface area (TPSA) is 20.2 Å². The molecule has 0 aliphatic heterocycles. The van der Waals surface area contributed by atoms with E-state index in [0.717, 1.165) is 6.42 Å². The van der Waals surface area contributed by atoms with Crippen LogP contribution < -0.4 is 4.46 Å². The van der Waals surface area contributed by atoms with Gasteiger partial charge in [-0.25, -0.2) is 0 Å². The Morgan fingerprint density at radius 1 is 1.36 bits per heavy atom. The number of benzene rings is 1. The summed E-state index contributed by atoms with van der Waals surface area (Å²) in [4.78, 5) is 2.09. The molecule has 0 amide bonds. The first-order chi connectivity index (χ1) is 6.64. The normalized spacial score (nSPS) is 15.6. The van der Waals surface area contributed by atoms with Gasteiger partial charge >= 0.3 is 91.8 Å². The summed E-state index contributed by atoms with van der Waals surface area (Å²) >= 11 is 0.334. The Morgan fingerprint density at radius 3 is 2.57 bits per heavy atom. The average molecular weight is 255 g/mol. The van der Waals surface area contributed by atoms with Gasteiger partial charge in [-0.3, -0.25) is 0 Å². The summed E-state index contributed by atoms with van der Waals surface area (Å²) in [6.45, 7) is 3.82. The van der Waals surface area contributed by atoms with Crippen molar-refractivity contribution in [3.63, 3.8) is 0 Å². The summed E-state index contributed by atoms with van der Waals surface area (Å²) in [5, 5.41) is 9.72. The van der Waals surface area contributed by atoms with Gasteiger partial charge in [0.15, 0.2) is 0 Å². The van der Waals surface area contributed by atoms with Gasteiger partial charge in [-0.1, -0.05) is 0 Å². The first kappa shape index (κ1) is 11.5. The zero-order chi connectivity index (χ0) is 10.4. The van der Waals surface area contributed by atoms with Gasteiger partial charge in [0.05, 0.1) is 0 Å². The van der Waals surface area contributed by atoms with Crippen molar-refractivity contribution in [2.24, 2.45) is 0 Å². The summed E-state index contributed by atoms with van der Waals surface area (Å²) in [5.74, 6) is 0. The molecular weight excluding hydrogens is 239 g/mol. The van der Waals surface area contributed by atoms with E-state index in [0.29, 0.717) is 15.0 Å². The van der Waals surface area contributed by atoms with E-state index in [1.54, 1.807) is 0 Å². The van der Waals surface area contributed by atoms with Crippen LogP contribution in [0.2, 0.25) is 0 Å². The van der Waals surface area contributed by atoms with Crippen LogP contribution >= 0.6 is 0 Å². The van der Waals surface area contributed by atoms with Crippen LogP contribution in [0.1, 0.15) is 20.3 Å². The fourth-order valence-corrected chi connectivity index (χ4v) is 2.62. The number of rotatable bonds is 4. The Bertz CT molecular complexity index is 290. The van der Waals surface area contributed by atoms with E-state index in [2.05, 4.69) is 17.1 Å². The Hall–Kier alpha value is -0.561. The van der Waals surface area contributed by atoms with E-state index < -0.39 is 5.60 Å². The van der Waals surface area contributed by atoms with E-state index in [-0.39, 0.29) is 0 Å². The fraction of sp³-hybridized carbons (Fsp3) is 0.333. The predicted octanol–water partition coefficient (Wildman–Crippen LogP) is 1.69. The Morgan fingerprint density at radius 2 is 2.00 bits per heavy atom. The van der Waals surface area contributed by atoms with Gasteiger partial charge in [-0.05, 0) is 0 Å². The van der Waals surface area contributed by atoms with Gasteiger partial charge in [0.1, 0.15) is 0 Å². The van der Waals surface area contributed by atoms with Crippen LogP contribution in [0.4, 0.5) is 0 Å². The van der Waals surface area contributed by atoms with E-state index in [1.165, 1.54) is 4.46 Å². The fourth-order valence-electron chi connectivity index (χ4n) is 0.876. The van der Waals surface area contributed by atoms with Crippen LogP contribution in [0.15, 0.2) is 41.4 Å². The summed E-state index contributed by atoms with van der Waals surface area (Å²) in [6.07, 6.45) is 2.66. The van der Waals surface area contributed by atoms with Crippen molar-refractivity contribution in [2.75, 3.05) is 0 Å². The molecule has 14 heavy (non-hydrogen) atoms. The van der Waals surface area contributed by atoms with E-state index in [1.807, 2.05) is 38.1 Å². The monoisotopic (exact) mass is 256 g/mol. The molecule has 2 heteroatoms. The van der Waals surface area contributed by atoms with Crippen LogP contribution in [-0.4, -0.2) is 25.7 Å². The molecule has 0 aliphatic rings. The molecule has 0 radical (unpaired) electrons. The van der Waals surface area contributed by atoms with Crippen molar-refractivity contribution in [1.29, 1.82) is 0 Å². The minimum atomic E-state index is -0.642. The third-order valence-electron chi connectivity index (χ3n) is 2.09. The molecule has 76 valence electrons. The number of hydrogen-bond acceptors (Lipinski definition) is 1. The molecule has 0 saturated heterocycles. The van der Waals surface area contributed by atoms with Crippen molar-refractivity contribution >= 4 is 19.4 Å². The summed E-state index contributed by atoms with van der Waals surface area (Å²) in [7, 11) is 0. The third-order valence-corrected chi connectivity index (χ3v) is 3.80.